The molecule has 3 rings (SSSR count). The molecule has 0 aliphatic heterocycles. The van der Waals surface area contributed by atoms with Crippen LogP contribution in [0.15, 0.2) is 65.7 Å². The summed E-state index contributed by atoms with van der Waals surface area (Å²) in [6.07, 6.45) is 1.56. The van der Waals surface area contributed by atoms with Crippen molar-refractivity contribution in [2.45, 2.75) is 11.8 Å². The van der Waals surface area contributed by atoms with E-state index in [9.17, 15) is 13.2 Å². The summed E-state index contributed by atoms with van der Waals surface area (Å²) in [6.45, 7) is 1.45. The number of nitrogens with one attached hydrogen (secondary N) is 2. The summed E-state index contributed by atoms with van der Waals surface area (Å²) in [5.41, 5.74) is 1.82. The van der Waals surface area contributed by atoms with E-state index < -0.39 is 10.0 Å². The summed E-state index contributed by atoms with van der Waals surface area (Å²) in [5, 5.41) is 10.9. The van der Waals surface area contributed by atoms with Gasteiger partial charge < -0.3 is 15.5 Å². The van der Waals surface area contributed by atoms with E-state index in [1.807, 2.05) is 24.1 Å². The number of nitrogens with zero attached hydrogens (tertiary/aromatic N) is 3. The van der Waals surface area contributed by atoms with E-state index in [1.54, 1.807) is 42.6 Å². The lowest BCUT2D eigenvalue weighted by Gasteiger charge is -2.19. The van der Waals surface area contributed by atoms with Crippen molar-refractivity contribution in [3.63, 3.8) is 0 Å². The zero-order chi connectivity index (χ0) is 21.0. The zero-order valence-electron chi connectivity index (χ0n) is 15.8. The second kappa shape index (κ2) is 8.25. The van der Waals surface area contributed by atoms with Crippen LogP contribution in [0.25, 0.3) is 0 Å². The van der Waals surface area contributed by atoms with Gasteiger partial charge in [0.15, 0.2) is 0 Å². The van der Waals surface area contributed by atoms with Crippen molar-refractivity contribution in [1.29, 1.82) is 0 Å². The molecule has 1 aromatic heterocycles. The van der Waals surface area contributed by atoms with Crippen LogP contribution < -0.4 is 20.7 Å². The predicted octanol–water partition coefficient (Wildman–Crippen LogP) is 2.59. The number of anilines is 5. The number of rotatable bonds is 6. The first kappa shape index (κ1) is 20.2. The quantitative estimate of drug-likeness (QED) is 0.567. The third-order valence-corrected chi connectivity index (χ3v) is 4.97. The van der Waals surface area contributed by atoms with Gasteiger partial charge in [0.1, 0.15) is 10.7 Å². The summed E-state index contributed by atoms with van der Waals surface area (Å²) in [4.78, 5) is 21.5. The van der Waals surface area contributed by atoms with Crippen LogP contribution in [-0.4, -0.2) is 31.3 Å². The number of aromatic nitrogens is 2. The molecule has 0 fully saturated rings. The highest BCUT2D eigenvalue weighted by Crippen LogP contribution is 2.26. The van der Waals surface area contributed by atoms with Gasteiger partial charge >= 0.3 is 0 Å². The van der Waals surface area contributed by atoms with E-state index in [-0.39, 0.29) is 22.4 Å². The number of para-hydroxylation sites is 1. The van der Waals surface area contributed by atoms with Crippen molar-refractivity contribution in [1.82, 2.24) is 9.97 Å². The smallest absolute Gasteiger partial charge is 0.240 e. The van der Waals surface area contributed by atoms with E-state index in [2.05, 4.69) is 20.6 Å². The number of benzene rings is 2. The molecule has 9 nitrogen and oxygen atoms in total. The van der Waals surface area contributed by atoms with Gasteiger partial charge in [0, 0.05) is 31.5 Å². The normalized spacial score (nSPS) is 11.0. The first-order valence-corrected chi connectivity index (χ1v) is 10.1. The molecule has 0 unspecified atom stereocenters. The standard InChI is InChI=1S/C19H20N6O3S/c1-13(26)22-14-7-9-15(10-8-14)25(2)18-11-12-21-19(24-18)23-16-5-3-4-6-17(16)29(20,27)28/h3-12H,1-2H3,(H,22,26)(H2,20,27,28)(H,21,23,24). The van der Waals surface area contributed by atoms with Crippen molar-refractivity contribution >= 4 is 44.8 Å². The van der Waals surface area contributed by atoms with Crippen molar-refractivity contribution in [2.24, 2.45) is 5.14 Å². The highest BCUT2D eigenvalue weighted by Gasteiger charge is 2.14. The number of carbonyl (C=O) groups excluding carboxylic acids is 1. The number of primary sulfonamides is 1. The van der Waals surface area contributed by atoms with E-state index >= 15 is 0 Å². The van der Waals surface area contributed by atoms with Crippen molar-refractivity contribution < 1.29 is 13.2 Å². The molecule has 1 heterocycles. The lowest BCUT2D eigenvalue weighted by Crippen LogP contribution is -2.15. The van der Waals surface area contributed by atoms with Crippen LogP contribution in [0.1, 0.15) is 6.92 Å². The molecule has 4 N–H and O–H groups in total. The summed E-state index contributed by atoms with van der Waals surface area (Å²) in [6, 6.07) is 15.2. The number of carbonyl (C=O) groups is 1. The largest absolute Gasteiger partial charge is 0.329 e. The Balaban J connectivity index is 1.84. The lowest BCUT2D eigenvalue weighted by molar-refractivity contribution is -0.114. The van der Waals surface area contributed by atoms with Crippen LogP contribution in [-0.2, 0) is 14.8 Å². The lowest BCUT2D eigenvalue weighted by atomic mass is 10.2. The minimum atomic E-state index is -3.89. The van der Waals surface area contributed by atoms with E-state index in [0.717, 1.165) is 5.69 Å². The number of nitrogens with two attached hydrogens (primary N) is 1. The van der Waals surface area contributed by atoms with Crippen LogP contribution in [0.5, 0.6) is 0 Å². The Kier molecular flexibility index (Phi) is 5.76. The molecule has 0 spiro atoms. The highest BCUT2D eigenvalue weighted by molar-refractivity contribution is 7.89. The molecule has 150 valence electrons. The molecule has 0 atom stereocenters. The van der Waals surface area contributed by atoms with E-state index in [4.69, 9.17) is 5.14 Å². The number of hydrogen-bond acceptors (Lipinski definition) is 7. The molecule has 10 heteroatoms. The van der Waals surface area contributed by atoms with Gasteiger partial charge in [-0.25, -0.2) is 18.5 Å². The van der Waals surface area contributed by atoms with Gasteiger partial charge in [-0.15, -0.1) is 0 Å². The highest BCUT2D eigenvalue weighted by atomic mass is 32.2. The Labute approximate surface area is 168 Å². The molecule has 3 aromatic rings. The summed E-state index contributed by atoms with van der Waals surface area (Å²) >= 11 is 0. The number of amides is 1. The molecule has 0 aliphatic carbocycles. The minimum Gasteiger partial charge on any atom is -0.329 e. The second-order valence-corrected chi connectivity index (χ2v) is 7.72. The third kappa shape index (κ3) is 5.06. The van der Waals surface area contributed by atoms with Gasteiger partial charge in [-0.1, -0.05) is 12.1 Å². The molecule has 29 heavy (non-hydrogen) atoms. The SMILES string of the molecule is CC(=O)Nc1ccc(N(C)c2ccnc(Nc3ccccc3S(N)(=O)=O)n2)cc1. The maximum Gasteiger partial charge on any atom is 0.240 e. The summed E-state index contributed by atoms with van der Waals surface area (Å²) < 4.78 is 23.5. The fourth-order valence-electron chi connectivity index (χ4n) is 2.64. The first-order valence-electron chi connectivity index (χ1n) is 8.57. The van der Waals surface area contributed by atoms with Gasteiger partial charge in [-0.2, -0.15) is 4.98 Å². The number of sulfonamides is 1. The first-order chi connectivity index (χ1) is 13.7. The molecule has 0 saturated carbocycles. The van der Waals surface area contributed by atoms with E-state index in [1.165, 1.54) is 13.0 Å². The summed E-state index contributed by atoms with van der Waals surface area (Å²) in [7, 11) is -2.06. The Hall–Kier alpha value is -3.50. The van der Waals surface area contributed by atoms with Crippen molar-refractivity contribution in [3.8, 4) is 0 Å². The molecule has 2 aromatic carbocycles. The van der Waals surface area contributed by atoms with Crippen LogP contribution in [0.3, 0.4) is 0 Å². The maximum absolute atomic E-state index is 11.8. The molecular formula is C19H20N6O3S. The van der Waals surface area contributed by atoms with E-state index in [0.29, 0.717) is 11.5 Å². The zero-order valence-corrected chi connectivity index (χ0v) is 16.6. The second-order valence-electron chi connectivity index (χ2n) is 6.19. The van der Waals surface area contributed by atoms with Crippen LogP contribution >= 0.6 is 0 Å². The van der Waals surface area contributed by atoms with Gasteiger partial charge in [-0.3, -0.25) is 4.79 Å². The molecule has 0 radical (unpaired) electrons. The van der Waals surface area contributed by atoms with Gasteiger partial charge in [0.2, 0.25) is 21.9 Å². The molecule has 0 saturated heterocycles. The van der Waals surface area contributed by atoms with Gasteiger partial charge in [-0.05, 0) is 42.5 Å². The van der Waals surface area contributed by atoms with Gasteiger partial charge in [0.25, 0.3) is 0 Å². The predicted molar refractivity (Wildman–Crippen MR) is 112 cm³/mol. The minimum absolute atomic E-state index is 0.0454. The topological polar surface area (TPSA) is 130 Å². The Morgan fingerprint density at radius 3 is 2.41 bits per heavy atom. The fourth-order valence-corrected chi connectivity index (χ4v) is 3.33. The number of hydrogen-bond donors (Lipinski definition) is 3. The molecular weight excluding hydrogens is 392 g/mol. The Morgan fingerprint density at radius 2 is 1.76 bits per heavy atom. The Bertz CT molecular complexity index is 1130. The van der Waals surface area contributed by atoms with Crippen LogP contribution in [0.2, 0.25) is 0 Å². The van der Waals surface area contributed by atoms with Crippen LogP contribution in [0.4, 0.5) is 28.8 Å². The average molecular weight is 412 g/mol. The summed E-state index contributed by atoms with van der Waals surface area (Å²) in [5.74, 6) is 0.667. The van der Waals surface area contributed by atoms with Gasteiger partial charge in [0.05, 0.1) is 5.69 Å². The van der Waals surface area contributed by atoms with Crippen molar-refractivity contribution in [3.05, 3.63) is 60.8 Å². The average Bonchev–Trinajstić information content (AvgIpc) is 2.67. The molecule has 0 aliphatic rings. The van der Waals surface area contributed by atoms with Crippen molar-refractivity contribution in [2.75, 3.05) is 22.6 Å². The molecule has 0 bridgehead atoms. The molecule has 1 amide bonds. The third-order valence-electron chi connectivity index (χ3n) is 4.00. The maximum atomic E-state index is 11.8. The Morgan fingerprint density at radius 1 is 1.07 bits per heavy atom. The fraction of sp³-hybridized carbons (Fsp3) is 0.105. The monoisotopic (exact) mass is 412 g/mol. The van der Waals surface area contributed by atoms with Crippen LogP contribution in [0, 0.1) is 0 Å².